The van der Waals surface area contributed by atoms with E-state index in [4.69, 9.17) is 22.0 Å². The van der Waals surface area contributed by atoms with Crippen LogP contribution in [0.15, 0.2) is 89.4 Å². The van der Waals surface area contributed by atoms with E-state index in [2.05, 4.69) is 22.5 Å². The molecule has 2 aliphatic carbocycles. The maximum absolute atomic E-state index is 12.8. The normalized spacial score (nSPS) is 24.3. The highest BCUT2D eigenvalue weighted by Crippen LogP contribution is 2.31. The predicted molar refractivity (Wildman–Crippen MR) is 181 cm³/mol. The molecule has 1 aromatic heterocycles. The van der Waals surface area contributed by atoms with Gasteiger partial charge >= 0.3 is 0 Å². The fraction of sp³-hybridized carbons (Fsp3) is 0.417. The molecule has 2 heterocycles. The van der Waals surface area contributed by atoms with E-state index < -0.39 is 6.10 Å². The van der Waals surface area contributed by atoms with Crippen molar-refractivity contribution in [2.75, 3.05) is 11.9 Å². The maximum Gasteiger partial charge on any atom is 0.253 e. The highest BCUT2D eigenvalue weighted by Gasteiger charge is 2.31. The fourth-order valence-electron chi connectivity index (χ4n) is 5.07. The molecule has 3 aliphatic rings. The predicted octanol–water partition coefficient (Wildman–Crippen LogP) is 7.28. The van der Waals surface area contributed by atoms with E-state index in [-0.39, 0.29) is 26.8 Å². The van der Waals surface area contributed by atoms with Crippen molar-refractivity contribution in [2.24, 2.45) is 5.73 Å². The molecule has 7 heteroatoms. The van der Waals surface area contributed by atoms with Gasteiger partial charge in [-0.15, -0.1) is 0 Å². The quantitative estimate of drug-likeness (QED) is 0.238. The van der Waals surface area contributed by atoms with E-state index in [9.17, 15) is 4.79 Å². The summed E-state index contributed by atoms with van der Waals surface area (Å²) in [6, 6.07) is 1.82. The number of allylic oxidation sites excluding steroid dienone is 11. The molecule has 4 rings (SSSR count). The summed E-state index contributed by atoms with van der Waals surface area (Å²) in [7, 11) is 0. The smallest absolute Gasteiger partial charge is 0.253 e. The van der Waals surface area contributed by atoms with Gasteiger partial charge in [0.05, 0.1) is 12.1 Å². The van der Waals surface area contributed by atoms with Crippen LogP contribution < -0.4 is 16.4 Å². The SMILES string of the molecule is CC.[CH]=C(CC(CCCC)c1ccnc(NC2[CH]C(NC(=O)C3CCC(CN)O3)=CC=C2C)n1)C1=C[CH]\C=C/C=C\C=C/1.[HH].[HH]. The minimum atomic E-state index is -0.468. The average Bonchev–Trinajstić information content (AvgIpc) is 3.56. The van der Waals surface area contributed by atoms with Crippen molar-refractivity contribution >= 4 is 11.9 Å². The van der Waals surface area contributed by atoms with Gasteiger partial charge < -0.3 is 21.1 Å². The molecule has 4 unspecified atom stereocenters. The van der Waals surface area contributed by atoms with Gasteiger partial charge in [-0.3, -0.25) is 4.79 Å². The highest BCUT2D eigenvalue weighted by molar-refractivity contribution is 5.83. The summed E-state index contributed by atoms with van der Waals surface area (Å²) in [6.07, 6.45) is 28.6. The number of nitrogens with zero attached hydrogens (tertiary/aromatic N) is 2. The number of anilines is 1. The molecule has 233 valence electrons. The number of carbonyl (C=O) groups is 1. The number of nitrogens with one attached hydrogen (secondary N) is 2. The van der Waals surface area contributed by atoms with Gasteiger partial charge in [0.15, 0.2) is 0 Å². The van der Waals surface area contributed by atoms with Crippen LogP contribution in [-0.4, -0.2) is 40.7 Å². The van der Waals surface area contributed by atoms with Crippen LogP contribution in [0.3, 0.4) is 0 Å². The van der Waals surface area contributed by atoms with Crippen molar-refractivity contribution in [3.63, 3.8) is 0 Å². The minimum Gasteiger partial charge on any atom is -0.364 e. The first kappa shape index (κ1) is 33.9. The molecule has 4 atom stereocenters. The molecular weight excluding hydrogens is 534 g/mol. The molecule has 7 nitrogen and oxygen atoms in total. The Kier molecular flexibility index (Phi) is 14.4. The van der Waals surface area contributed by atoms with Gasteiger partial charge in [-0.2, -0.15) is 0 Å². The van der Waals surface area contributed by atoms with E-state index in [1.807, 2.05) is 94.4 Å². The lowest BCUT2D eigenvalue weighted by Gasteiger charge is -2.25. The van der Waals surface area contributed by atoms with Crippen molar-refractivity contribution in [2.45, 2.75) is 90.4 Å². The first-order chi connectivity index (χ1) is 21.0. The van der Waals surface area contributed by atoms with Gasteiger partial charge in [0, 0.05) is 45.7 Å². The van der Waals surface area contributed by atoms with Crippen molar-refractivity contribution < 1.29 is 12.4 Å². The number of hydrogen-bond donors (Lipinski definition) is 3. The maximum atomic E-state index is 12.8. The summed E-state index contributed by atoms with van der Waals surface area (Å²) in [5, 5.41) is 6.44. The van der Waals surface area contributed by atoms with E-state index in [0.717, 1.165) is 53.8 Å². The second kappa shape index (κ2) is 18.2. The van der Waals surface area contributed by atoms with Crippen molar-refractivity contribution in [1.82, 2.24) is 15.3 Å². The zero-order valence-corrected chi connectivity index (χ0v) is 26.1. The average molecular weight is 587 g/mol. The Morgan fingerprint density at radius 2 is 1.95 bits per heavy atom. The molecule has 0 saturated carbocycles. The van der Waals surface area contributed by atoms with Gasteiger partial charge in [0.1, 0.15) is 6.10 Å². The van der Waals surface area contributed by atoms with Crippen molar-refractivity contribution in [3.8, 4) is 0 Å². The Labute approximate surface area is 261 Å². The first-order valence-corrected chi connectivity index (χ1v) is 15.6. The number of rotatable bonds is 12. The molecule has 4 N–H and O–H groups in total. The van der Waals surface area contributed by atoms with E-state index in [0.29, 0.717) is 25.3 Å². The Bertz CT molecular complexity index is 1270. The van der Waals surface area contributed by atoms with Gasteiger partial charge in [0.2, 0.25) is 5.95 Å². The molecule has 1 amide bonds. The number of amides is 1. The van der Waals surface area contributed by atoms with Crippen LogP contribution in [0.1, 0.15) is 80.7 Å². The number of unbranched alkanes of at least 4 members (excludes halogenated alkanes) is 1. The second-order valence-corrected chi connectivity index (χ2v) is 10.7. The highest BCUT2D eigenvalue weighted by atomic mass is 16.5. The monoisotopic (exact) mass is 586 g/mol. The standard InChI is InChI=1S/C34H42N5O2.C2H6.2H2/c1-4-5-12-27(21-25(3)26-13-10-8-6-7-9-11-14-26)30-19-20-36-34(38-30)39-31-22-28(16-15-24(31)2)37-33(40)32-18-17-29(23-35)41-32;1-2;;/h3,6-11,13-16,19-20,22,27,29,31-32H,4-5,12,17-18,21,23,35H2,1-2H3,(H,37,40)(H,36,38,39);1-2H3;2*1H/b8-6-,9-7-,13-10-,25-3?,26-14?;;;. The fourth-order valence-corrected chi connectivity index (χ4v) is 5.07. The topological polar surface area (TPSA) is 102 Å². The Morgan fingerprint density at radius 3 is 2.72 bits per heavy atom. The summed E-state index contributed by atoms with van der Waals surface area (Å²) in [4.78, 5) is 22.2. The molecule has 1 aliphatic heterocycles. The third-order valence-corrected chi connectivity index (χ3v) is 7.52. The number of carbonyl (C=O) groups excluding carboxylic acids is 1. The molecule has 0 bridgehead atoms. The van der Waals surface area contributed by atoms with Crippen molar-refractivity contribution in [1.29, 1.82) is 0 Å². The molecule has 0 spiro atoms. The van der Waals surface area contributed by atoms with Crippen LogP contribution in [-0.2, 0) is 9.53 Å². The molecule has 1 aromatic rings. The summed E-state index contributed by atoms with van der Waals surface area (Å²) >= 11 is 0. The number of nitrogens with two attached hydrogens (primary N) is 1. The molecule has 1 saturated heterocycles. The van der Waals surface area contributed by atoms with E-state index in [1.165, 1.54) is 0 Å². The number of ether oxygens (including phenoxy) is 1. The second-order valence-electron chi connectivity index (χ2n) is 10.7. The minimum absolute atomic E-state index is 0. The van der Waals surface area contributed by atoms with Gasteiger partial charge in [0.25, 0.3) is 5.91 Å². The van der Waals surface area contributed by atoms with Gasteiger partial charge in [-0.05, 0) is 55.9 Å². The number of aromatic nitrogens is 2. The van der Waals surface area contributed by atoms with Crippen LogP contribution in [0.25, 0.3) is 0 Å². The third kappa shape index (κ3) is 10.6. The first-order valence-electron chi connectivity index (χ1n) is 15.6. The zero-order chi connectivity index (χ0) is 31.0. The molecule has 0 aromatic carbocycles. The Morgan fingerprint density at radius 1 is 1.16 bits per heavy atom. The van der Waals surface area contributed by atoms with Crippen LogP contribution in [0.4, 0.5) is 5.95 Å². The van der Waals surface area contributed by atoms with E-state index in [1.54, 1.807) is 6.20 Å². The Hall–Kier alpha value is -3.55. The largest absolute Gasteiger partial charge is 0.364 e. The molecule has 43 heavy (non-hydrogen) atoms. The van der Waals surface area contributed by atoms with Crippen LogP contribution >= 0.6 is 0 Å². The van der Waals surface area contributed by atoms with Gasteiger partial charge in [-0.25, -0.2) is 9.97 Å². The third-order valence-electron chi connectivity index (χ3n) is 7.52. The summed E-state index contributed by atoms with van der Waals surface area (Å²) in [5.74, 6) is 0.562. The molecule has 1 fully saturated rings. The number of hydrogen-bond acceptors (Lipinski definition) is 6. The summed E-state index contributed by atoms with van der Waals surface area (Å²) < 4.78 is 5.75. The lowest BCUT2D eigenvalue weighted by atomic mass is 9.88. The van der Waals surface area contributed by atoms with Crippen molar-refractivity contribution in [3.05, 3.63) is 114 Å². The zero-order valence-electron chi connectivity index (χ0n) is 26.1. The van der Waals surface area contributed by atoms with Gasteiger partial charge in [-0.1, -0.05) is 94.4 Å². The Balaban J connectivity index is 0.00000248. The lowest BCUT2D eigenvalue weighted by Crippen LogP contribution is -2.38. The van der Waals surface area contributed by atoms with Crippen LogP contribution in [0.2, 0.25) is 0 Å². The lowest BCUT2D eigenvalue weighted by molar-refractivity contribution is -0.131. The summed E-state index contributed by atoms with van der Waals surface area (Å²) in [5.41, 5.74) is 10.3. The molecule has 3 radical (unpaired) electrons. The molecular formula is C36H52N5O2. The van der Waals surface area contributed by atoms with Crippen LogP contribution in [0, 0.1) is 19.4 Å². The van der Waals surface area contributed by atoms with Crippen LogP contribution in [0.5, 0.6) is 0 Å². The summed E-state index contributed by atoms with van der Waals surface area (Å²) in [6.45, 7) is 15.3. The van der Waals surface area contributed by atoms with E-state index >= 15 is 0 Å².